The molecule has 0 radical (unpaired) electrons. The Labute approximate surface area is 105 Å². The fraction of sp³-hybridized carbons (Fsp3) is 0.154. The molecule has 0 fully saturated rings. The normalized spacial score (nSPS) is 10.1. The van der Waals surface area contributed by atoms with Gasteiger partial charge in [-0.15, -0.1) is 0 Å². The topological polar surface area (TPSA) is 61.0 Å². The van der Waals surface area contributed by atoms with Crippen LogP contribution in [0.5, 0.6) is 0 Å². The van der Waals surface area contributed by atoms with E-state index in [1.807, 2.05) is 26.1 Å². The van der Waals surface area contributed by atoms with E-state index in [1.54, 1.807) is 23.0 Å². The quantitative estimate of drug-likeness (QED) is 0.614. The van der Waals surface area contributed by atoms with Crippen LogP contribution < -0.4 is 0 Å². The maximum absolute atomic E-state index is 10.5. The van der Waals surface area contributed by atoms with Crippen molar-refractivity contribution < 1.29 is 4.92 Å². The molecule has 0 spiro atoms. The number of nitro benzene ring substituents is 1. The van der Waals surface area contributed by atoms with Gasteiger partial charge in [-0.2, -0.15) is 5.10 Å². The Morgan fingerprint density at radius 3 is 2.56 bits per heavy atom. The second-order valence-corrected chi connectivity index (χ2v) is 4.21. The second kappa shape index (κ2) is 4.83. The summed E-state index contributed by atoms with van der Waals surface area (Å²) in [6.45, 7) is 4.03. The molecule has 0 amide bonds. The highest BCUT2D eigenvalue weighted by Crippen LogP contribution is 2.15. The van der Waals surface area contributed by atoms with Gasteiger partial charge in [-0.25, -0.2) is 4.68 Å². The number of nitro groups is 1. The van der Waals surface area contributed by atoms with E-state index in [0.717, 1.165) is 11.3 Å². The van der Waals surface area contributed by atoms with E-state index in [0.29, 0.717) is 0 Å². The van der Waals surface area contributed by atoms with Crippen LogP contribution in [0.2, 0.25) is 0 Å². The molecule has 18 heavy (non-hydrogen) atoms. The van der Waals surface area contributed by atoms with Crippen LogP contribution in [0.3, 0.4) is 0 Å². The molecule has 2 aromatic rings. The van der Waals surface area contributed by atoms with E-state index in [-0.39, 0.29) is 5.69 Å². The van der Waals surface area contributed by atoms with E-state index < -0.39 is 4.92 Å². The van der Waals surface area contributed by atoms with Gasteiger partial charge in [0.25, 0.3) is 5.69 Å². The summed E-state index contributed by atoms with van der Waals surface area (Å²) in [5, 5.41) is 14.8. The van der Waals surface area contributed by atoms with Crippen LogP contribution in [0.25, 0.3) is 11.8 Å². The van der Waals surface area contributed by atoms with E-state index >= 15 is 0 Å². The fourth-order valence-electron chi connectivity index (χ4n) is 1.61. The third-order valence-electron chi connectivity index (χ3n) is 2.38. The maximum Gasteiger partial charge on any atom is 0.269 e. The van der Waals surface area contributed by atoms with Gasteiger partial charge in [0.05, 0.1) is 16.8 Å². The zero-order chi connectivity index (χ0) is 13.1. The maximum atomic E-state index is 10.5. The lowest BCUT2D eigenvalue weighted by Gasteiger charge is -1.99. The molecule has 0 aliphatic rings. The number of hydrogen-bond acceptors (Lipinski definition) is 3. The molecular weight excluding hydrogens is 230 g/mol. The zero-order valence-electron chi connectivity index (χ0n) is 10.2. The van der Waals surface area contributed by atoms with Crippen molar-refractivity contribution in [1.29, 1.82) is 0 Å². The van der Waals surface area contributed by atoms with Crippen molar-refractivity contribution in [3.05, 3.63) is 57.9 Å². The van der Waals surface area contributed by atoms with Gasteiger partial charge >= 0.3 is 0 Å². The van der Waals surface area contributed by atoms with Gasteiger partial charge < -0.3 is 0 Å². The van der Waals surface area contributed by atoms with Crippen molar-refractivity contribution >= 4 is 11.8 Å². The van der Waals surface area contributed by atoms with Crippen molar-refractivity contribution in [1.82, 2.24) is 9.78 Å². The minimum atomic E-state index is -0.415. The second-order valence-electron chi connectivity index (χ2n) is 4.21. The van der Waals surface area contributed by atoms with Crippen LogP contribution in [0.15, 0.2) is 42.2 Å². The minimum Gasteiger partial charge on any atom is -0.258 e. The van der Waals surface area contributed by atoms with E-state index in [1.165, 1.54) is 17.7 Å². The van der Waals surface area contributed by atoms with Crippen molar-refractivity contribution in [3.63, 3.8) is 0 Å². The first-order chi connectivity index (χ1) is 8.56. The third kappa shape index (κ3) is 2.63. The molecule has 0 saturated heterocycles. The van der Waals surface area contributed by atoms with Crippen LogP contribution in [0.1, 0.15) is 19.4 Å². The summed E-state index contributed by atoms with van der Waals surface area (Å²) >= 11 is 0. The SMILES string of the molecule is CC(C)=Cc1cnn(-c2ccc([N+](=O)[O-])cc2)c1. The Kier molecular flexibility index (Phi) is 3.23. The summed E-state index contributed by atoms with van der Waals surface area (Å²) in [5.74, 6) is 0. The zero-order valence-corrected chi connectivity index (χ0v) is 10.2. The minimum absolute atomic E-state index is 0.0791. The molecule has 0 aliphatic heterocycles. The standard InChI is InChI=1S/C13H13N3O2/c1-10(2)7-11-8-14-15(9-11)12-3-5-13(6-4-12)16(17)18/h3-9H,1-2H3. The Morgan fingerprint density at radius 2 is 2.00 bits per heavy atom. The predicted octanol–water partition coefficient (Wildman–Crippen LogP) is 3.20. The first-order valence-electron chi connectivity index (χ1n) is 5.50. The lowest BCUT2D eigenvalue weighted by molar-refractivity contribution is -0.384. The molecule has 0 saturated carbocycles. The number of rotatable bonds is 3. The molecule has 0 bridgehead atoms. The number of hydrogen-bond donors (Lipinski definition) is 0. The smallest absolute Gasteiger partial charge is 0.258 e. The Bertz CT molecular complexity index is 593. The van der Waals surface area contributed by atoms with Crippen LogP contribution >= 0.6 is 0 Å². The van der Waals surface area contributed by atoms with Gasteiger partial charge in [0.2, 0.25) is 0 Å². The first-order valence-corrected chi connectivity index (χ1v) is 5.50. The third-order valence-corrected chi connectivity index (χ3v) is 2.38. The molecule has 0 unspecified atom stereocenters. The molecule has 5 nitrogen and oxygen atoms in total. The summed E-state index contributed by atoms with van der Waals surface area (Å²) in [5.41, 5.74) is 3.08. The van der Waals surface area contributed by atoms with E-state index in [9.17, 15) is 10.1 Å². The molecule has 2 rings (SSSR count). The number of benzene rings is 1. The molecule has 0 aliphatic carbocycles. The van der Waals surface area contributed by atoms with Crippen molar-refractivity contribution in [2.45, 2.75) is 13.8 Å². The Morgan fingerprint density at radius 1 is 1.33 bits per heavy atom. The van der Waals surface area contributed by atoms with Crippen LogP contribution in [-0.4, -0.2) is 14.7 Å². The summed E-state index contributed by atoms with van der Waals surface area (Å²) in [4.78, 5) is 10.1. The average molecular weight is 243 g/mol. The summed E-state index contributed by atoms with van der Waals surface area (Å²) < 4.78 is 1.69. The molecular formula is C13H13N3O2. The van der Waals surface area contributed by atoms with Crippen molar-refractivity contribution in [2.75, 3.05) is 0 Å². The predicted molar refractivity (Wildman–Crippen MR) is 69.5 cm³/mol. The van der Waals surface area contributed by atoms with Gasteiger partial charge in [0.1, 0.15) is 0 Å². The first kappa shape index (κ1) is 12.0. The number of allylic oxidation sites excluding steroid dienone is 1. The van der Waals surface area contributed by atoms with E-state index in [2.05, 4.69) is 5.10 Å². The Hall–Kier alpha value is -2.43. The highest BCUT2D eigenvalue weighted by atomic mass is 16.6. The highest BCUT2D eigenvalue weighted by Gasteiger charge is 2.05. The molecule has 1 aromatic carbocycles. The van der Waals surface area contributed by atoms with Crippen LogP contribution in [0.4, 0.5) is 5.69 Å². The lowest BCUT2D eigenvalue weighted by atomic mass is 10.2. The lowest BCUT2D eigenvalue weighted by Crippen LogP contribution is -1.94. The molecule has 92 valence electrons. The van der Waals surface area contributed by atoms with E-state index in [4.69, 9.17) is 0 Å². The van der Waals surface area contributed by atoms with Crippen LogP contribution in [0, 0.1) is 10.1 Å². The largest absolute Gasteiger partial charge is 0.269 e. The van der Waals surface area contributed by atoms with Gasteiger partial charge in [-0.3, -0.25) is 10.1 Å². The highest BCUT2D eigenvalue weighted by molar-refractivity contribution is 5.51. The fourth-order valence-corrected chi connectivity index (χ4v) is 1.61. The average Bonchev–Trinajstić information content (AvgIpc) is 2.76. The van der Waals surface area contributed by atoms with Gasteiger partial charge in [-0.1, -0.05) is 11.6 Å². The molecule has 5 heteroatoms. The van der Waals surface area contributed by atoms with Gasteiger partial charge in [0, 0.05) is 23.9 Å². The van der Waals surface area contributed by atoms with Crippen LogP contribution in [-0.2, 0) is 0 Å². The van der Waals surface area contributed by atoms with Crippen molar-refractivity contribution in [2.24, 2.45) is 0 Å². The Balaban J connectivity index is 2.29. The number of aromatic nitrogens is 2. The number of non-ortho nitro benzene ring substituents is 1. The summed E-state index contributed by atoms with van der Waals surface area (Å²) in [6, 6.07) is 6.30. The molecule has 0 N–H and O–H groups in total. The van der Waals surface area contributed by atoms with Gasteiger partial charge in [-0.05, 0) is 26.0 Å². The monoisotopic (exact) mass is 243 g/mol. The molecule has 1 aromatic heterocycles. The molecule has 1 heterocycles. The molecule has 0 atom stereocenters. The summed E-state index contributed by atoms with van der Waals surface area (Å²) in [6.07, 6.45) is 5.66. The van der Waals surface area contributed by atoms with Crippen molar-refractivity contribution in [3.8, 4) is 5.69 Å². The number of nitrogens with zero attached hydrogens (tertiary/aromatic N) is 3. The summed E-state index contributed by atoms with van der Waals surface area (Å²) in [7, 11) is 0. The van der Waals surface area contributed by atoms with Gasteiger partial charge in [0.15, 0.2) is 0 Å².